The minimum Gasteiger partial charge on any atom is -0.381 e. The lowest BCUT2D eigenvalue weighted by Gasteiger charge is -2.29. The first-order valence-corrected chi connectivity index (χ1v) is 14.7. The van der Waals surface area contributed by atoms with E-state index >= 15 is 0 Å². The van der Waals surface area contributed by atoms with E-state index in [1.54, 1.807) is 0 Å². The molecule has 8 heteroatoms. The molecule has 0 amide bonds. The number of likely N-dealkylation sites (N-methyl/N-ethyl adjacent to an activating group) is 1. The number of hydrogen-bond donors (Lipinski definition) is 2. The summed E-state index contributed by atoms with van der Waals surface area (Å²) in [6.07, 6.45) is 19.0. The Morgan fingerprint density at radius 1 is 0.765 bits per heavy atom. The lowest BCUT2D eigenvalue weighted by atomic mass is 10.0. The highest BCUT2D eigenvalue weighted by Crippen LogP contribution is 2.34. The molecule has 3 unspecified atom stereocenters. The molecule has 204 valence electrons. The minimum atomic E-state index is -2.08. The van der Waals surface area contributed by atoms with E-state index in [0.29, 0.717) is 24.1 Å². The van der Waals surface area contributed by atoms with E-state index in [2.05, 4.69) is 6.92 Å². The van der Waals surface area contributed by atoms with Gasteiger partial charge >= 0.3 is 8.60 Å². The van der Waals surface area contributed by atoms with Crippen LogP contribution in [0.15, 0.2) is 0 Å². The molecule has 0 aliphatic rings. The van der Waals surface area contributed by atoms with Crippen molar-refractivity contribution in [3.63, 3.8) is 0 Å². The summed E-state index contributed by atoms with van der Waals surface area (Å²) in [5.41, 5.74) is 0. The zero-order valence-electron chi connectivity index (χ0n) is 22.6. The number of ether oxygens (including phenoxy) is 1. The minimum absolute atomic E-state index is 0.0142. The van der Waals surface area contributed by atoms with E-state index in [1.807, 2.05) is 21.1 Å². The van der Waals surface area contributed by atoms with Gasteiger partial charge in [0, 0.05) is 18.9 Å². The van der Waals surface area contributed by atoms with Crippen molar-refractivity contribution in [2.75, 3.05) is 47.6 Å². The van der Waals surface area contributed by atoms with Crippen molar-refractivity contribution in [1.82, 2.24) is 0 Å². The number of carbonyl (C=O) groups excluding carboxylic acids is 1. The predicted molar refractivity (Wildman–Crippen MR) is 140 cm³/mol. The molecule has 0 saturated carbocycles. The number of hydrogen-bond acceptors (Lipinski definition) is 6. The molecule has 0 spiro atoms. The first kappa shape index (κ1) is 33.9. The molecule has 7 nitrogen and oxygen atoms in total. The molecule has 0 aromatic carbocycles. The fourth-order valence-electron chi connectivity index (χ4n) is 3.53. The van der Waals surface area contributed by atoms with Gasteiger partial charge in [0.25, 0.3) is 0 Å². The normalized spacial score (nSPS) is 14.8. The second-order valence-electron chi connectivity index (χ2n) is 10.4. The quantitative estimate of drug-likeness (QED) is 0.0493. The van der Waals surface area contributed by atoms with E-state index in [0.717, 1.165) is 12.7 Å². The first-order valence-electron chi connectivity index (χ1n) is 13.6. The predicted octanol–water partition coefficient (Wildman–Crippen LogP) is 5.97. The number of nitrogens with zero attached hydrogens (tertiary/aromatic N) is 1. The van der Waals surface area contributed by atoms with Gasteiger partial charge in [0.05, 0.1) is 34.4 Å². The van der Waals surface area contributed by atoms with Gasteiger partial charge in [-0.2, -0.15) is 0 Å². The van der Waals surface area contributed by atoms with Crippen LogP contribution in [0.2, 0.25) is 0 Å². The maximum absolute atomic E-state index is 10.9. The van der Waals surface area contributed by atoms with Gasteiger partial charge in [-0.25, -0.2) is 0 Å². The van der Waals surface area contributed by atoms with Crippen LogP contribution in [-0.4, -0.2) is 74.6 Å². The molecular weight excluding hydrogens is 453 g/mol. The summed E-state index contributed by atoms with van der Waals surface area (Å²) in [4.78, 5) is 20.8. The summed E-state index contributed by atoms with van der Waals surface area (Å²) in [6, 6.07) is 0. The number of unbranched alkanes of at least 4 members (excludes halogenated alkanes) is 13. The number of quaternary nitrogens is 1. The monoisotopic (exact) mass is 508 g/mol. The van der Waals surface area contributed by atoms with Gasteiger partial charge in [-0.3, -0.25) is 0 Å². The molecule has 0 aromatic rings. The van der Waals surface area contributed by atoms with Crippen molar-refractivity contribution < 1.29 is 33.1 Å². The highest BCUT2D eigenvalue weighted by molar-refractivity contribution is 7.40. The van der Waals surface area contributed by atoms with Crippen LogP contribution in [0.5, 0.6) is 0 Å². The van der Waals surface area contributed by atoms with Gasteiger partial charge in [-0.1, -0.05) is 90.4 Å². The Balaban J connectivity index is 3.60. The number of aliphatic hydroxyl groups is 1. The van der Waals surface area contributed by atoms with Gasteiger partial charge in [0.1, 0.15) is 12.9 Å². The molecule has 0 radical (unpaired) electrons. The summed E-state index contributed by atoms with van der Waals surface area (Å²) in [5.74, 6) is -0.104. The average Bonchev–Trinajstić information content (AvgIpc) is 2.79. The van der Waals surface area contributed by atoms with Gasteiger partial charge in [0.2, 0.25) is 6.23 Å². The molecule has 34 heavy (non-hydrogen) atoms. The molecule has 0 saturated heterocycles. The molecule has 0 aromatic heterocycles. The molecule has 0 aliphatic heterocycles. The van der Waals surface area contributed by atoms with Gasteiger partial charge in [0.15, 0.2) is 0 Å². The topological polar surface area (TPSA) is 85.2 Å². The fraction of sp³-hybridized carbons (Fsp3) is 0.962. The van der Waals surface area contributed by atoms with Crippen LogP contribution in [0, 0.1) is 5.92 Å². The van der Waals surface area contributed by atoms with Crippen LogP contribution >= 0.6 is 8.60 Å². The second-order valence-corrected chi connectivity index (χ2v) is 11.4. The highest BCUT2D eigenvalue weighted by atomic mass is 31.2. The third kappa shape index (κ3) is 22.3. The van der Waals surface area contributed by atoms with Crippen LogP contribution in [0.1, 0.15) is 103 Å². The smallest absolute Gasteiger partial charge is 0.330 e. The van der Waals surface area contributed by atoms with E-state index in [1.165, 1.54) is 83.5 Å². The summed E-state index contributed by atoms with van der Waals surface area (Å²) in [5, 5.41) is 9.93. The first-order chi connectivity index (χ1) is 16.3. The van der Waals surface area contributed by atoms with Crippen molar-refractivity contribution in [3.05, 3.63) is 0 Å². The Morgan fingerprint density at radius 2 is 1.24 bits per heavy atom. The average molecular weight is 509 g/mol. The van der Waals surface area contributed by atoms with Crippen molar-refractivity contribution in [2.45, 2.75) is 109 Å². The Morgan fingerprint density at radius 3 is 1.71 bits per heavy atom. The molecule has 0 rings (SSSR count). The second kappa shape index (κ2) is 23.3. The number of aliphatic hydroxyl groups excluding tert-OH is 1. The van der Waals surface area contributed by atoms with Crippen LogP contribution < -0.4 is 0 Å². The maximum atomic E-state index is 10.9. The Kier molecular flexibility index (Phi) is 23.2. The van der Waals surface area contributed by atoms with Gasteiger partial charge in [-0.05, 0) is 6.42 Å². The molecule has 0 fully saturated rings. The van der Waals surface area contributed by atoms with Crippen molar-refractivity contribution in [3.8, 4) is 0 Å². The lowest BCUT2D eigenvalue weighted by Crippen LogP contribution is -2.47. The Labute approximate surface area is 211 Å². The molecule has 3 atom stereocenters. The van der Waals surface area contributed by atoms with Crippen LogP contribution in [0.25, 0.3) is 0 Å². The molecule has 0 heterocycles. The van der Waals surface area contributed by atoms with Crippen LogP contribution in [-0.2, 0) is 18.6 Å². The third-order valence-corrected chi connectivity index (χ3v) is 6.81. The van der Waals surface area contributed by atoms with Crippen molar-refractivity contribution >= 4 is 14.9 Å². The SMILES string of the molecule is CCCCCCCCCCCCCCCCOCC(CC=O)COP(O)OCC(O)[N+](C)(C)C. The van der Waals surface area contributed by atoms with E-state index in [-0.39, 0.29) is 19.1 Å². The van der Waals surface area contributed by atoms with Gasteiger partial charge < -0.3 is 33.1 Å². The highest BCUT2D eigenvalue weighted by Gasteiger charge is 2.23. The summed E-state index contributed by atoms with van der Waals surface area (Å²) < 4.78 is 16.6. The fourth-order valence-corrected chi connectivity index (χ4v) is 4.20. The van der Waals surface area contributed by atoms with Crippen molar-refractivity contribution in [2.24, 2.45) is 5.92 Å². The molecule has 0 aliphatic carbocycles. The Bertz CT molecular complexity index is 449. The van der Waals surface area contributed by atoms with E-state index in [4.69, 9.17) is 13.8 Å². The maximum Gasteiger partial charge on any atom is 0.330 e. The van der Waals surface area contributed by atoms with Gasteiger partial charge in [-0.15, -0.1) is 0 Å². The summed E-state index contributed by atoms with van der Waals surface area (Å²) in [7, 11) is 3.43. The van der Waals surface area contributed by atoms with Crippen LogP contribution in [0.3, 0.4) is 0 Å². The van der Waals surface area contributed by atoms with Crippen molar-refractivity contribution in [1.29, 1.82) is 0 Å². The standard InChI is InChI=1S/C26H55NO6P/c1-5-6-7-8-9-10-11-12-13-14-15-16-17-18-21-31-22-25(19-20-28)23-32-34(30)33-24-26(29)27(2,3)4/h20,25-26,29-30H,5-19,21-24H2,1-4H3/q+1. The molecule has 2 N–H and O–H groups in total. The van der Waals surface area contributed by atoms with E-state index in [9.17, 15) is 14.8 Å². The zero-order chi connectivity index (χ0) is 25.5. The largest absolute Gasteiger partial charge is 0.381 e. The molecular formula is C26H55NO6P+. The lowest BCUT2D eigenvalue weighted by molar-refractivity contribution is -0.918. The number of rotatable bonds is 26. The number of carbonyl (C=O) groups is 1. The Hall–Kier alpha value is -0.140. The summed E-state index contributed by atoms with van der Waals surface area (Å²) >= 11 is 0. The third-order valence-electron chi connectivity index (χ3n) is 6.07. The zero-order valence-corrected chi connectivity index (χ0v) is 23.5. The summed E-state index contributed by atoms with van der Waals surface area (Å²) in [6.45, 7) is 3.57. The molecule has 0 bridgehead atoms. The van der Waals surface area contributed by atoms with Crippen LogP contribution in [0.4, 0.5) is 0 Å². The number of aldehydes is 1. The van der Waals surface area contributed by atoms with E-state index < -0.39 is 14.8 Å².